The molecule has 0 radical (unpaired) electrons. The zero-order valence-electron chi connectivity index (χ0n) is 4.77. The van der Waals surface area contributed by atoms with Crippen molar-refractivity contribution < 1.29 is 14.8 Å². The molecule has 0 aromatic heterocycles. The molecule has 0 saturated carbocycles. The van der Waals surface area contributed by atoms with Crippen molar-refractivity contribution in [1.29, 1.82) is 0 Å². The average molecular weight is 147 g/mol. The molecule has 0 rings (SSSR count). The molecule has 7 nitrogen and oxygen atoms in total. The van der Waals surface area contributed by atoms with Crippen LogP contribution in [-0.4, -0.2) is 15.9 Å². The number of amides is 1. The maximum atomic E-state index is 10.1. The van der Waals surface area contributed by atoms with E-state index in [4.69, 9.17) is 5.11 Å². The van der Waals surface area contributed by atoms with E-state index in [2.05, 4.69) is 11.5 Å². The highest BCUT2D eigenvalue weighted by Gasteiger charge is 2.23. The number of rotatable bonds is 2. The first-order valence-corrected chi connectivity index (χ1v) is 2.09. The van der Waals surface area contributed by atoms with Crippen molar-refractivity contribution >= 4 is 5.91 Å². The van der Waals surface area contributed by atoms with Gasteiger partial charge in [0, 0.05) is 0 Å². The third-order valence-corrected chi connectivity index (χ3v) is 0.659. The molecule has 0 aromatic rings. The van der Waals surface area contributed by atoms with Crippen molar-refractivity contribution in [2.45, 2.75) is 0 Å². The number of primary amides is 1. The first-order chi connectivity index (χ1) is 4.46. The van der Waals surface area contributed by atoms with Gasteiger partial charge in [-0.05, 0) is 0 Å². The minimum Gasteiger partial charge on any atom is -0.490 e. The van der Waals surface area contributed by atoms with Gasteiger partial charge in [-0.3, -0.25) is 14.9 Å². The van der Waals surface area contributed by atoms with Gasteiger partial charge >= 0.3 is 11.6 Å². The molecule has 10 heavy (non-hydrogen) atoms. The smallest absolute Gasteiger partial charge is 0.391 e. The first-order valence-electron chi connectivity index (χ1n) is 2.09. The van der Waals surface area contributed by atoms with E-state index in [0.29, 0.717) is 0 Å². The van der Waals surface area contributed by atoms with Crippen LogP contribution < -0.4 is 11.5 Å². The number of carbonyl (C=O) groups excluding carboxylic acids is 1. The molecule has 0 aliphatic carbocycles. The van der Waals surface area contributed by atoms with Gasteiger partial charge in [0.1, 0.15) is 0 Å². The van der Waals surface area contributed by atoms with Crippen LogP contribution in [0, 0.1) is 10.1 Å². The SMILES string of the molecule is NC(=O)/C(=C(/N)O)[N+](=O)[O-]. The van der Waals surface area contributed by atoms with Gasteiger partial charge in [-0.1, -0.05) is 0 Å². The van der Waals surface area contributed by atoms with Crippen LogP contribution in [0.25, 0.3) is 0 Å². The number of carbonyl (C=O) groups is 1. The summed E-state index contributed by atoms with van der Waals surface area (Å²) in [5.74, 6) is -2.55. The molecular formula is C3H5N3O4. The van der Waals surface area contributed by atoms with Crippen molar-refractivity contribution in [3.05, 3.63) is 21.7 Å². The predicted molar refractivity (Wildman–Crippen MR) is 30.0 cm³/mol. The van der Waals surface area contributed by atoms with Crippen molar-refractivity contribution in [2.24, 2.45) is 11.5 Å². The van der Waals surface area contributed by atoms with Gasteiger partial charge in [-0.25, -0.2) is 0 Å². The molecule has 56 valence electrons. The lowest BCUT2D eigenvalue weighted by molar-refractivity contribution is -0.421. The van der Waals surface area contributed by atoms with Crippen LogP contribution >= 0.6 is 0 Å². The van der Waals surface area contributed by atoms with Gasteiger partial charge in [0.05, 0.1) is 4.92 Å². The summed E-state index contributed by atoms with van der Waals surface area (Å²) >= 11 is 0. The zero-order valence-corrected chi connectivity index (χ0v) is 4.77. The second-order valence-corrected chi connectivity index (χ2v) is 1.36. The Hall–Kier alpha value is -1.79. The van der Waals surface area contributed by atoms with E-state index < -0.39 is 22.4 Å². The summed E-state index contributed by atoms with van der Waals surface area (Å²) in [5.41, 5.74) is 7.80. The Kier molecular flexibility index (Phi) is 2.19. The van der Waals surface area contributed by atoms with E-state index in [9.17, 15) is 14.9 Å². The number of aliphatic hydroxyl groups is 1. The lowest BCUT2D eigenvalue weighted by Gasteiger charge is -1.91. The van der Waals surface area contributed by atoms with Gasteiger partial charge in [0.2, 0.25) is 0 Å². The van der Waals surface area contributed by atoms with Gasteiger partial charge in [0.15, 0.2) is 0 Å². The van der Waals surface area contributed by atoms with Crippen LogP contribution in [0.3, 0.4) is 0 Å². The maximum Gasteiger partial charge on any atom is 0.391 e. The van der Waals surface area contributed by atoms with E-state index in [-0.39, 0.29) is 0 Å². The molecule has 0 aromatic carbocycles. The highest BCUT2D eigenvalue weighted by Crippen LogP contribution is 1.94. The Bertz CT molecular complexity index is 188. The molecule has 0 heterocycles. The van der Waals surface area contributed by atoms with Crippen LogP contribution in [-0.2, 0) is 4.79 Å². The fraction of sp³-hybridized carbons (Fsp3) is 0. The second kappa shape index (κ2) is 2.67. The molecule has 0 aliphatic heterocycles. The Morgan fingerprint density at radius 3 is 1.90 bits per heavy atom. The second-order valence-electron chi connectivity index (χ2n) is 1.36. The number of aliphatic hydroxyl groups excluding tert-OH is 1. The Balaban J connectivity index is 4.79. The van der Waals surface area contributed by atoms with Gasteiger partial charge in [0.25, 0.3) is 5.88 Å². The summed E-state index contributed by atoms with van der Waals surface area (Å²) in [6, 6.07) is 0. The molecule has 7 heteroatoms. The van der Waals surface area contributed by atoms with E-state index in [1.165, 1.54) is 0 Å². The third kappa shape index (κ3) is 1.62. The first kappa shape index (κ1) is 8.21. The van der Waals surface area contributed by atoms with Gasteiger partial charge in [-0.2, -0.15) is 0 Å². The molecule has 0 fully saturated rings. The number of nitrogens with zero attached hydrogens (tertiary/aromatic N) is 1. The minimum absolute atomic E-state index is 1.16. The molecule has 0 unspecified atom stereocenters. The van der Waals surface area contributed by atoms with Crippen LogP contribution in [0.1, 0.15) is 0 Å². The number of hydrogen-bond donors (Lipinski definition) is 3. The van der Waals surface area contributed by atoms with Crippen LogP contribution in [0.5, 0.6) is 0 Å². The standard InChI is InChI=1S/C3H5N3O4/c4-2(7)1(3(5)8)6(9)10/h7H,4H2,(H2,5,8)/b2-1+. The summed E-state index contributed by atoms with van der Waals surface area (Å²) in [6.45, 7) is 0. The van der Waals surface area contributed by atoms with E-state index >= 15 is 0 Å². The Morgan fingerprint density at radius 1 is 1.50 bits per heavy atom. The molecule has 0 atom stereocenters. The van der Waals surface area contributed by atoms with Gasteiger partial charge in [-0.15, -0.1) is 0 Å². The summed E-state index contributed by atoms with van der Waals surface area (Å²) in [4.78, 5) is 18.7. The molecule has 0 aliphatic rings. The largest absolute Gasteiger partial charge is 0.490 e. The van der Waals surface area contributed by atoms with E-state index in [1.54, 1.807) is 0 Å². The fourth-order valence-corrected chi connectivity index (χ4v) is 0.310. The third-order valence-electron chi connectivity index (χ3n) is 0.659. The molecule has 0 saturated heterocycles. The van der Waals surface area contributed by atoms with Crippen LogP contribution in [0.2, 0.25) is 0 Å². The van der Waals surface area contributed by atoms with Crippen LogP contribution in [0.4, 0.5) is 0 Å². The lowest BCUT2D eigenvalue weighted by atomic mass is 10.4. The number of nitro groups is 1. The van der Waals surface area contributed by atoms with Crippen molar-refractivity contribution in [2.75, 3.05) is 0 Å². The highest BCUT2D eigenvalue weighted by molar-refractivity contribution is 5.89. The Morgan fingerprint density at radius 2 is 1.90 bits per heavy atom. The van der Waals surface area contributed by atoms with Gasteiger partial charge < -0.3 is 16.6 Å². The van der Waals surface area contributed by atoms with Crippen molar-refractivity contribution in [3.63, 3.8) is 0 Å². The normalized spacial score (nSPS) is 12.0. The molecule has 5 N–H and O–H groups in total. The summed E-state index contributed by atoms with van der Waals surface area (Å²) in [7, 11) is 0. The van der Waals surface area contributed by atoms with Crippen LogP contribution in [0.15, 0.2) is 11.6 Å². The maximum absolute atomic E-state index is 10.1. The average Bonchev–Trinajstić information content (AvgIpc) is 1.59. The quantitative estimate of drug-likeness (QED) is 0.188. The number of hydrogen-bond acceptors (Lipinski definition) is 5. The summed E-state index contributed by atoms with van der Waals surface area (Å²) in [6.07, 6.45) is 0. The van der Waals surface area contributed by atoms with E-state index in [0.717, 1.165) is 0 Å². The monoisotopic (exact) mass is 147 g/mol. The molecule has 0 bridgehead atoms. The number of nitrogens with two attached hydrogens (primary N) is 2. The minimum atomic E-state index is -1.37. The Labute approximate surface area is 55.1 Å². The molecule has 1 amide bonds. The van der Waals surface area contributed by atoms with E-state index in [1.807, 2.05) is 0 Å². The lowest BCUT2D eigenvalue weighted by Crippen LogP contribution is -2.24. The summed E-state index contributed by atoms with van der Waals surface area (Å²) in [5, 5.41) is 18.1. The summed E-state index contributed by atoms with van der Waals surface area (Å²) < 4.78 is 0. The fourth-order valence-electron chi connectivity index (χ4n) is 0.310. The molecular weight excluding hydrogens is 142 g/mol. The highest BCUT2D eigenvalue weighted by atomic mass is 16.6. The molecule has 0 spiro atoms. The zero-order chi connectivity index (χ0) is 8.31. The van der Waals surface area contributed by atoms with Crippen molar-refractivity contribution in [3.8, 4) is 0 Å². The van der Waals surface area contributed by atoms with Crippen molar-refractivity contribution in [1.82, 2.24) is 0 Å². The topological polar surface area (TPSA) is 132 Å². The predicted octanol–water partition coefficient (Wildman–Crippen LogP) is -1.57.